The first-order chi connectivity index (χ1) is 19.2. The Morgan fingerprint density at radius 2 is 1.10 bits per heavy atom. The molecule has 1 saturated carbocycles. The molecule has 3 aliphatic carbocycles. The van der Waals surface area contributed by atoms with Gasteiger partial charge in [0.15, 0.2) is 0 Å². The van der Waals surface area contributed by atoms with Crippen molar-refractivity contribution < 1.29 is 38.0 Å². The molecule has 1 spiro atoms. The Labute approximate surface area is 234 Å². The molecule has 8 heteroatoms. The van der Waals surface area contributed by atoms with E-state index in [-0.39, 0.29) is 37.0 Å². The van der Waals surface area contributed by atoms with Crippen LogP contribution in [-0.4, -0.2) is 62.1 Å². The molecule has 0 unspecified atom stereocenters. The van der Waals surface area contributed by atoms with Crippen molar-refractivity contribution in [2.24, 2.45) is 10.8 Å². The third kappa shape index (κ3) is 3.16. The summed E-state index contributed by atoms with van der Waals surface area (Å²) in [6.45, 7) is 7.87. The Bertz CT molecular complexity index is 1260. The zero-order valence-electron chi connectivity index (χ0n) is 23.4. The van der Waals surface area contributed by atoms with Crippen LogP contribution in [0.2, 0.25) is 0 Å². The van der Waals surface area contributed by atoms with E-state index in [4.69, 9.17) is 28.4 Å². The molecule has 40 heavy (non-hydrogen) atoms. The average Bonchev–Trinajstić information content (AvgIpc) is 3.40. The van der Waals surface area contributed by atoms with Gasteiger partial charge in [-0.1, -0.05) is 48.5 Å². The summed E-state index contributed by atoms with van der Waals surface area (Å²) in [7, 11) is 0. The molecule has 0 N–H and O–H groups in total. The van der Waals surface area contributed by atoms with Crippen LogP contribution in [0.15, 0.2) is 48.5 Å². The molecule has 2 saturated heterocycles. The van der Waals surface area contributed by atoms with Crippen molar-refractivity contribution in [2.75, 3.05) is 26.4 Å². The van der Waals surface area contributed by atoms with Gasteiger partial charge in [-0.3, -0.25) is 9.59 Å². The second-order valence-electron chi connectivity index (χ2n) is 12.0. The summed E-state index contributed by atoms with van der Waals surface area (Å²) in [5.41, 5.74) is 2.47. The average molecular weight is 549 g/mol. The van der Waals surface area contributed by atoms with Crippen molar-refractivity contribution in [3.63, 3.8) is 0 Å². The molecule has 4 atom stereocenters. The van der Waals surface area contributed by atoms with Crippen LogP contribution in [0.4, 0.5) is 0 Å². The lowest BCUT2D eigenvalue weighted by Gasteiger charge is -2.60. The van der Waals surface area contributed by atoms with Crippen molar-refractivity contribution >= 4 is 11.9 Å². The van der Waals surface area contributed by atoms with Gasteiger partial charge >= 0.3 is 11.9 Å². The van der Waals surface area contributed by atoms with Crippen LogP contribution in [0, 0.1) is 10.8 Å². The predicted octanol–water partition coefficient (Wildman–Crippen LogP) is 4.04. The maximum absolute atomic E-state index is 14.4. The number of benzene rings is 2. The van der Waals surface area contributed by atoms with Crippen LogP contribution < -0.4 is 0 Å². The SMILES string of the molecule is CCO[C@]1(C)O[C@H]2COC(=O)C34Cc5ccccc5C3C3(Cc5ccccc5C43)C(=O)OC[C@@H]2O[C@@]1(C)OCC. The van der Waals surface area contributed by atoms with E-state index in [1.54, 1.807) is 13.8 Å². The van der Waals surface area contributed by atoms with Crippen molar-refractivity contribution in [3.05, 3.63) is 70.8 Å². The van der Waals surface area contributed by atoms with Gasteiger partial charge in [0.25, 0.3) is 0 Å². The topological polar surface area (TPSA) is 89.5 Å². The molecule has 0 amide bonds. The molecule has 0 aromatic heterocycles. The largest absolute Gasteiger partial charge is 0.462 e. The van der Waals surface area contributed by atoms with Gasteiger partial charge in [-0.25, -0.2) is 0 Å². The Balaban J connectivity index is 1.32. The summed E-state index contributed by atoms with van der Waals surface area (Å²) in [6.07, 6.45) is -0.406. The van der Waals surface area contributed by atoms with E-state index < -0.39 is 34.6 Å². The van der Waals surface area contributed by atoms with Gasteiger partial charge in [0.2, 0.25) is 11.6 Å². The number of carbonyl (C=O) groups is 2. The lowest BCUT2D eigenvalue weighted by Crippen LogP contribution is -2.67. The minimum atomic E-state index is -1.27. The van der Waals surface area contributed by atoms with Crippen molar-refractivity contribution in [1.82, 2.24) is 0 Å². The molecule has 0 radical (unpaired) electrons. The lowest BCUT2D eigenvalue weighted by molar-refractivity contribution is -0.458. The molecule has 7 rings (SSSR count). The van der Waals surface area contributed by atoms with E-state index in [9.17, 15) is 9.59 Å². The molecule has 8 nitrogen and oxygen atoms in total. The fraction of sp³-hybridized carbons (Fsp3) is 0.562. The highest BCUT2D eigenvalue weighted by atomic mass is 16.8. The fourth-order valence-electron chi connectivity index (χ4n) is 8.57. The molecule has 2 bridgehead atoms. The Morgan fingerprint density at radius 3 is 1.50 bits per heavy atom. The number of fused-ring (bicyclic) bond motifs is 4. The van der Waals surface area contributed by atoms with Crippen molar-refractivity contribution in [1.29, 1.82) is 0 Å². The van der Waals surface area contributed by atoms with E-state index in [0.717, 1.165) is 22.3 Å². The molecule has 2 heterocycles. The van der Waals surface area contributed by atoms with Crippen molar-refractivity contribution in [3.8, 4) is 0 Å². The highest BCUT2D eigenvalue weighted by Gasteiger charge is 2.82. The number of carbonyl (C=O) groups excluding carboxylic acids is 2. The number of rotatable bonds is 4. The molecule has 212 valence electrons. The summed E-state index contributed by atoms with van der Waals surface area (Å²) in [5.74, 6) is -3.82. The summed E-state index contributed by atoms with van der Waals surface area (Å²) in [6, 6.07) is 16.2. The van der Waals surface area contributed by atoms with E-state index in [2.05, 4.69) is 24.3 Å². The van der Waals surface area contributed by atoms with Gasteiger partial charge in [-0.15, -0.1) is 0 Å². The highest BCUT2D eigenvalue weighted by molar-refractivity contribution is 5.95. The number of ether oxygens (including phenoxy) is 6. The molecule has 3 fully saturated rings. The van der Waals surface area contributed by atoms with E-state index in [0.29, 0.717) is 26.1 Å². The number of cyclic esters (lactones) is 2. The van der Waals surface area contributed by atoms with Gasteiger partial charge in [-0.05, 0) is 62.8 Å². The Hall–Kier alpha value is -2.78. The number of hydrogen-bond acceptors (Lipinski definition) is 8. The van der Waals surface area contributed by atoms with E-state index in [1.807, 2.05) is 38.1 Å². The normalized spacial score (nSPS) is 41.2. The minimum absolute atomic E-state index is 0.0574. The second kappa shape index (κ2) is 8.86. The van der Waals surface area contributed by atoms with Gasteiger partial charge in [0.1, 0.15) is 25.4 Å². The zero-order chi connectivity index (χ0) is 27.9. The van der Waals surface area contributed by atoms with Crippen LogP contribution in [0.5, 0.6) is 0 Å². The van der Waals surface area contributed by atoms with Crippen LogP contribution in [0.1, 0.15) is 61.8 Å². The first-order valence-electron chi connectivity index (χ1n) is 14.4. The first kappa shape index (κ1) is 26.1. The van der Waals surface area contributed by atoms with Crippen molar-refractivity contribution in [2.45, 2.75) is 76.2 Å². The molecule has 2 aliphatic heterocycles. The molecule has 5 aliphatic rings. The highest BCUT2D eigenvalue weighted by Crippen LogP contribution is 2.80. The quantitative estimate of drug-likeness (QED) is 0.529. The number of hydrogen-bond donors (Lipinski definition) is 0. The second-order valence-corrected chi connectivity index (χ2v) is 12.0. The van der Waals surface area contributed by atoms with Crippen LogP contribution in [-0.2, 0) is 50.9 Å². The first-order valence-corrected chi connectivity index (χ1v) is 14.4. The maximum Gasteiger partial charge on any atom is 0.313 e. The predicted molar refractivity (Wildman–Crippen MR) is 142 cm³/mol. The minimum Gasteiger partial charge on any atom is -0.462 e. The Kier molecular flexibility index (Phi) is 5.79. The molecular weight excluding hydrogens is 512 g/mol. The lowest BCUT2D eigenvalue weighted by atomic mass is 9.39. The fourth-order valence-corrected chi connectivity index (χ4v) is 8.57. The van der Waals surface area contributed by atoms with Gasteiger partial charge in [0, 0.05) is 25.0 Å². The third-order valence-corrected chi connectivity index (χ3v) is 10.1. The molecule has 2 aromatic rings. The molecular formula is C32H36O8. The standard InChI is InChI=1S/C32H36O8/c1-5-37-29(3)30(4,38-6-2)40-24-18-36-28(34)32-16-20-12-8-10-14-22(20)26(32)31(27(33)35-17-23(24)39-29)15-19-11-7-9-13-21(19)25(31)32/h7-14,23-26H,5-6,15-18H2,1-4H3/t23-,24-,25?,26?,29+,30+,31?,32?/m0/s1. The van der Waals surface area contributed by atoms with Crippen LogP contribution in [0.25, 0.3) is 0 Å². The third-order valence-electron chi connectivity index (χ3n) is 10.1. The van der Waals surface area contributed by atoms with Gasteiger partial charge in [-0.2, -0.15) is 0 Å². The van der Waals surface area contributed by atoms with Crippen LogP contribution in [0.3, 0.4) is 0 Å². The van der Waals surface area contributed by atoms with E-state index in [1.165, 1.54) is 0 Å². The van der Waals surface area contributed by atoms with Gasteiger partial charge in [0.05, 0.1) is 10.8 Å². The smallest absolute Gasteiger partial charge is 0.313 e. The number of esters is 2. The maximum atomic E-state index is 14.4. The Morgan fingerprint density at radius 1 is 0.700 bits per heavy atom. The van der Waals surface area contributed by atoms with E-state index >= 15 is 0 Å². The summed E-state index contributed by atoms with van der Waals surface area (Å²) < 4.78 is 37.3. The monoisotopic (exact) mass is 548 g/mol. The summed E-state index contributed by atoms with van der Waals surface area (Å²) in [5, 5.41) is 0. The van der Waals surface area contributed by atoms with Gasteiger partial charge < -0.3 is 28.4 Å². The van der Waals surface area contributed by atoms with Crippen LogP contribution >= 0.6 is 0 Å². The summed E-state index contributed by atoms with van der Waals surface area (Å²) >= 11 is 0. The summed E-state index contributed by atoms with van der Waals surface area (Å²) in [4.78, 5) is 28.7. The molecule has 2 aromatic carbocycles. The zero-order valence-corrected chi connectivity index (χ0v) is 23.4.